The summed E-state index contributed by atoms with van der Waals surface area (Å²) in [6.07, 6.45) is 3.20. The van der Waals surface area contributed by atoms with Crippen molar-refractivity contribution in [2.45, 2.75) is 58.6 Å². The number of rotatable bonds is 15. The van der Waals surface area contributed by atoms with Gasteiger partial charge < -0.3 is 14.1 Å². The van der Waals surface area contributed by atoms with Gasteiger partial charge in [0.1, 0.15) is 5.82 Å². The van der Waals surface area contributed by atoms with Crippen molar-refractivity contribution in [2.75, 3.05) is 12.8 Å². The highest BCUT2D eigenvalue weighted by molar-refractivity contribution is 7.39. The summed E-state index contributed by atoms with van der Waals surface area (Å²) in [6, 6.07) is 36.4. The molecule has 0 amide bonds. The van der Waals surface area contributed by atoms with Crippen LogP contribution in [0, 0.1) is 12.7 Å². The number of carboxylic acids is 1. The fourth-order valence-electron chi connectivity index (χ4n) is 6.90. The summed E-state index contributed by atoms with van der Waals surface area (Å²) >= 11 is 0. The number of aryl methyl sites for hydroxylation is 1. The molecular weight excluding hydrogens is 689 g/mol. The van der Waals surface area contributed by atoms with Crippen molar-refractivity contribution in [3.05, 3.63) is 144 Å². The van der Waals surface area contributed by atoms with Gasteiger partial charge in [-0.1, -0.05) is 143 Å². The van der Waals surface area contributed by atoms with E-state index in [2.05, 4.69) is 20.8 Å². The molecule has 9 heteroatoms. The van der Waals surface area contributed by atoms with E-state index in [0.29, 0.717) is 6.42 Å². The molecule has 4 aromatic carbocycles. The largest absolute Gasteiger partial charge is 0.481 e. The van der Waals surface area contributed by atoms with E-state index in [9.17, 15) is 18.9 Å². The summed E-state index contributed by atoms with van der Waals surface area (Å²) in [7, 11) is -5.83. The molecule has 2 atom stereocenters. The molecule has 52 heavy (non-hydrogen) atoms. The number of benzene rings is 4. The van der Waals surface area contributed by atoms with Crippen LogP contribution >= 0.6 is 8.03 Å². The topological polar surface area (TPSA) is 85.7 Å². The lowest BCUT2D eigenvalue weighted by Gasteiger charge is -2.45. The van der Waals surface area contributed by atoms with E-state index in [1.165, 1.54) is 12.1 Å². The first kappa shape index (κ1) is 38.8. The number of aromatic nitrogens is 1. The van der Waals surface area contributed by atoms with Crippen molar-refractivity contribution in [3.8, 4) is 22.4 Å². The predicted molar refractivity (Wildman–Crippen MR) is 213 cm³/mol. The second-order valence-corrected chi connectivity index (χ2v) is 19.5. The quantitative estimate of drug-likeness (QED) is 0.0853. The number of pyridine rings is 1. The summed E-state index contributed by atoms with van der Waals surface area (Å²) in [5, 5.41) is 11.6. The standard InChI is InChI=1S/C43H47FNO5PSi/c1-6-39-38(41(32-24-26-34(44)27-25-32)31(2)42(45-39)33-17-10-7-11-18-33)23-16-28-49-51(48)30-35(29-40(46)47)50-52(43(3,4)5,36-19-12-8-13-20-36)37-21-14-9-15-22-37/h7-27,35,51H,6,28-30H2,1-5H3,(H,46,47). The van der Waals surface area contributed by atoms with Crippen LogP contribution in [-0.2, 0) is 24.7 Å². The summed E-state index contributed by atoms with van der Waals surface area (Å²) in [5.41, 5.74) is 6.36. The third kappa shape index (κ3) is 8.94. The van der Waals surface area contributed by atoms with Gasteiger partial charge in [-0.15, -0.1) is 0 Å². The molecule has 0 spiro atoms. The van der Waals surface area contributed by atoms with E-state index in [-0.39, 0.29) is 30.0 Å². The van der Waals surface area contributed by atoms with Crippen LogP contribution in [0.2, 0.25) is 5.04 Å². The minimum absolute atomic E-state index is 0.0389. The number of hydrogen-bond donors (Lipinski definition) is 1. The number of nitrogens with zero attached hydrogens (tertiary/aromatic N) is 1. The molecular formula is C43H47FNO5PSi. The monoisotopic (exact) mass is 735 g/mol. The third-order valence-electron chi connectivity index (χ3n) is 9.25. The zero-order chi connectivity index (χ0) is 37.3. The second kappa shape index (κ2) is 17.4. The first-order valence-electron chi connectivity index (χ1n) is 17.6. The molecule has 0 saturated heterocycles. The minimum atomic E-state index is -3.10. The van der Waals surface area contributed by atoms with E-state index >= 15 is 0 Å². The molecule has 5 aromatic rings. The minimum Gasteiger partial charge on any atom is -0.481 e. The number of halogens is 1. The normalized spacial score (nSPS) is 13.3. The lowest BCUT2D eigenvalue weighted by atomic mass is 9.90. The molecule has 1 aromatic heterocycles. The van der Waals surface area contributed by atoms with Crippen molar-refractivity contribution in [1.29, 1.82) is 0 Å². The third-order valence-corrected chi connectivity index (χ3v) is 15.6. The smallest absolute Gasteiger partial charge is 0.305 e. The Morgan fingerprint density at radius 3 is 1.96 bits per heavy atom. The number of aliphatic carboxylic acids is 1. The fraction of sp³-hybridized carbons (Fsp3) is 0.256. The van der Waals surface area contributed by atoms with Crippen LogP contribution in [0.15, 0.2) is 121 Å². The Bertz CT molecular complexity index is 1960. The molecule has 0 saturated carbocycles. The molecule has 5 rings (SSSR count). The maximum Gasteiger partial charge on any atom is 0.305 e. The summed E-state index contributed by atoms with van der Waals surface area (Å²) in [4.78, 5) is 17.2. The Morgan fingerprint density at radius 2 is 1.44 bits per heavy atom. The van der Waals surface area contributed by atoms with Gasteiger partial charge in [-0.3, -0.25) is 14.3 Å². The predicted octanol–water partition coefficient (Wildman–Crippen LogP) is 9.35. The van der Waals surface area contributed by atoms with Crippen LogP contribution in [0.4, 0.5) is 4.39 Å². The first-order valence-corrected chi connectivity index (χ1v) is 21.1. The van der Waals surface area contributed by atoms with E-state index in [1.54, 1.807) is 12.1 Å². The van der Waals surface area contributed by atoms with Gasteiger partial charge in [0.05, 0.1) is 24.8 Å². The van der Waals surface area contributed by atoms with Gasteiger partial charge >= 0.3 is 5.97 Å². The average Bonchev–Trinajstić information content (AvgIpc) is 3.13. The van der Waals surface area contributed by atoms with E-state index in [0.717, 1.165) is 49.6 Å². The van der Waals surface area contributed by atoms with E-state index in [1.807, 2.05) is 117 Å². The van der Waals surface area contributed by atoms with E-state index in [4.69, 9.17) is 13.9 Å². The van der Waals surface area contributed by atoms with Gasteiger partial charge in [-0.25, -0.2) is 4.39 Å². The molecule has 1 heterocycles. The maximum atomic E-state index is 14.0. The van der Waals surface area contributed by atoms with Crippen molar-refractivity contribution >= 4 is 38.8 Å². The van der Waals surface area contributed by atoms with Crippen LogP contribution < -0.4 is 10.4 Å². The van der Waals surface area contributed by atoms with Crippen LogP contribution in [0.3, 0.4) is 0 Å². The zero-order valence-corrected chi connectivity index (χ0v) is 32.4. The molecule has 270 valence electrons. The molecule has 2 unspecified atom stereocenters. The van der Waals surface area contributed by atoms with Gasteiger partial charge in [0.25, 0.3) is 8.32 Å². The van der Waals surface area contributed by atoms with Crippen LogP contribution in [0.25, 0.3) is 28.5 Å². The van der Waals surface area contributed by atoms with Crippen molar-refractivity contribution < 1.29 is 27.8 Å². The number of carboxylic acid groups (broad SMARTS) is 1. The Morgan fingerprint density at radius 1 is 0.885 bits per heavy atom. The molecule has 0 aliphatic rings. The van der Waals surface area contributed by atoms with Crippen LogP contribution in [0.5, 0.6) is 0 Å². The number of carbonyl (C=O) groups is 1. The van der Waals surface area contributed by atoms with Gasteiger partial charge in [0.15, 0.2) is 8.03 Å². The average molecular weight is 736 g/mol. The summed E-state index contributed by atoms with van der Waals surface area (Å²) in [5.74, 6) is -1.34. The molecule has 6 nitrogen and oxygen atoms in total. The Kier molecular flexibility index (Phi) is 12.9. The molecule has 0 bridgehead atoms. The maximum absolute atomic E-state index is 14.0. The van der Waals surface area contributed by atoms with Crippen molar-refractivity contribution in [1.82, 2.24) is 4.98 Å². The summed E-state index contributed by atoms with van der Waals surface area (Å²) < 4.78 is 40.5. The zero-order valence-electron chi connectivity index (χ0n) is 30.4. The molecule has 0 aliphatic heterocycles. The fourth-order valence-corrected chi connectivity index (χ4v) is 12.7. The van der Waals surface area contributed by atoms with Crippen molar-refractivity contribution in [2.24, 2.45) is 0 Å². The van der Waals surface area contributed by atoms with Gasteiger partial charge in [-0.2, -0.15) is 0 Å². The Balaban J connectivity index is 1.42. The SMILES string of the molecule is CCc1nc(-c2ccccc2)c(C)c(-c2ccc(F)cc2)c1C=CCO[PH](=O)CC(CC(=O)O)O[Si](c1ccccc1)(c1ccccc1)C(C)(C)C. The highest BCUT2D eigenvalue weighted by Gasteiger charge is 2.51. The number of hydrogen-bond acceptors (Lipinski definition) is 5. The molecule has 0 fully saturated rings. The van der Waals surface area contributed by atoms with Crippen LogP contribution in [0.1, 0.15) is 50.9 Å². The van der Waals surface area contributed by atoms with Gasteiger partial charge in [0, 0.05) is 23.0 Å². The lowest BCUT2D eigenvalue weighted by molar-refractivity contribution is -0.138. The first-order chi connectivity index (χ1) is 24.9. The molecule has 0 radical (unpaired) electrons. The van der Waals surface area contributed by atoms with Crippen LogP contribution in [-0.4, -0.2) is 43.2 Å². The second-order valence-electron chi connectivity index (χ2n) is 13.8. The van der Waals surface area contributed by atoms with Gasteiger partial charge in [0.2, 0.25) is 0 Å². The van der Waals surface area contributed by atoms with Crippen molar-refractivity contribution in [3.63, 3.8) is 0 Å². The summed E-state index contributed by atoms with van der Waals surface area (Å²) in [6.45, 7) is 10.5. The van der Waals surface area contributed by atoms with Gasteiger partial charge in [-0.05, 0) is 57.6 Å². The molecule has 0 aliphatic carbocycles. The highest BCUT2D eigenvalue weighted by Crippen LogP contribution is 2.40. The Hall–Kier alpha value is -4.46. The molecule has 1 N–H and O–H groups in total. The highest BCUT2D eigenvalue weighted by atomic mass is 31.1. The lowest BCUT2D eigenvalue weighted by Crippen LogP contribution is -2.68. The Labute approximate surface area is 308 Å². The van der Waals surface area contributed by atoms with E-state index < -0.39 is 28.4 Å².